The van der Waals surface area contributed by atoms with Gasteiger partial charge in [0.2, 0.25) is 0 Å². The second-order valence-electron chi connectivity index (χ2n) is 8.31. The number of carbonyl (C=O) groups is 3. The van der Waals surface area contributed by atoms with E-state index in [0.29, 0.717) is 5.75 Å². The molecule has 3 aromatic rings. The van der Waals surface area contributed by atoms with E-state index in [2.05, 4.69) is 5.43 Å². The zero-order chi connectivity index (χ0) is 27.9. The number of amides is 2. The van der Waals surface area contributed by atoms with Gasteiger partial charge in [-0.2, -0.15) is 0 Å². The summed E-state index contributed by atoms with van der Waals surface area (Å²) in [7, 11) is 1.56. The van der Waals surface area contributed by atoms with Gasteiger partial charge in [0, 0.05) is 6.08 Å². The highest BCUT2D eigenvalue weighted by atomic mass is 16.6. The molecule has 0 aliphatic heterocycles. The molecule has 0 radical (unpaired) electrons. The van der Waals surface area contributed by atoms with Crippen molar-refractivity contribution in [3.05, 3.63) is 114 Å². The lowest BCUT2D eigenvalue weighted by molar-refractivity contribution is -0.137. The Morgan fingerprint density at radius 2 is 1.38 bits per heavy atom. The molecule has 0 unspecified atom stereocenters. The number of esters is 1. The number of hydrazine groups is 1. The van der Waals surface area contributed by atoms with Crippen molar-refractivity contribution in [2.45, 2.75) is 32.6 Å². The normalized spacial score (nSPS) is 11.3. The minimum Gasteiger partial charge on any atom is -0.497 e. The van der Waals surface area contributed by atoms with Crippen LogP contribution in [0.3, 0.4) is 0 Å². The fourth-order valence-electron chi connectivity index (χ4n) is 3.54. The van der Waals surface area contributed by atoms with Gasteiger partial charge < -0.3 is 18.9 Å². The first-order chi connectivity index (χ1) is 19.0. The van der Waals surface area contributed by atoms with Crippen molar-refractivity contribution in [1.82, 2.24) is 10.4 Å². The largest absolute Gasteiger partial charge is 0.497 e. The molecule has 204 valence electrons. The summed E-state index contributed by atoms with van der Waals surface area (Å²) in [5.41, 5.74) is 4.86. The SMILES string of the molecule is CCOC(=O)/C=C/[C@@H](Cc1ccc(OC)cc1)N(NC(=O)OCc1ccccc1)C(=O)OCc1ccccc1. The molecule has 0 fully saturated rings. The highest BCUT2D eigenvalue weighted by Crippen LogP contribution is 2.16. The van der Waals surface area contributed by atoms with Gasteiger partial charge in [-0.1, -0.05) is 78.9 Å². The van der Waals surface area contributed by atoms with Gasteiger partial charge in [-0.25, -0.2) is 24.8 Å². The number of benzene rings is 3. The first kappa shape index (κ1) is 28.8. The zero-order valence-electron chi connectivity index (χ0n) is 21.9. The van der Waals surface area contributed by atoms with Crippen LogP contribution >= 0.6 is 0 Å². The Hall–Kier alpha value is -4.79. The van der Waals surface area contributed by atoms with Crippen LogP contribution in [0, 0.1) is 0 Å². The van der Waals surface area contributed by atoms with Crippen molar-refractivity contribution in [3.63, 3.8) is 0 Å². The summed E-state index contributed by atoms with van der Waals surface area (Å²) in [5, 5.41) is 1.01. The predicted molar refractivity (Wildman–Crippen MR) is 144 cm³/mol. The summed E-state index contributed by atoms with van der Waals surface area (Å²) >= 11 is 0. The fourth-order valence-corrected chi connectivity index (χ4v) is 3.54. The number of methoxy groups -OCH3 is 1. The van der Waals surface area contributed by atoms with Gasteiger partial charge in [0.05, 0.1) is 19.8 Å². The number of nitrogens with zero attached hydrogens (tertiary/aromatic N) is 1. The van der Waals surface area contributed by atoms with E-state index in [1.165, 1.54) is 12.2 Å². The Bertz CT molecular complexity index is 1220. The van der Waals surface area contributed by atoms with Crippen molar-refractivity contribution in [2.24, 2.45) is 0 Å². The average molecular weight is 533 g/mol. The summed E-state index contributed by atoms with van der Waals surface area (Å²) in [6.07, 6.45) is 1.23. The van der Waals surface area contributed by atoms with Crippen molar-refractivity contribution in [2.75, 3.05) is 13.7 Å². The van der Waals surface area contributed by atoms with Crippen LogP contribution < -0.4 is 10.2 Å². The van der Waals surface area contributed by atoms with Gasteiger partial charge in [0.1, 0.15) is 19.0 Å². The maximum atomic E-state index is 13.3. The maximum absolute atomic E-state index is 13.3. The quantitative estimate of drug-likeness (QED) is 0.157. The van der Waals surface area contributed by atoms with Gasteiger partial charge in [0.15, 0.2) is 0 Å². The van der Waals surface area contributed by atoms with E-state index < -0.39 is 24.2 Å². The standard InChI is InChI=1S/C30H32N2O7/c1-3-37-28(33)19-16-26(20-23-14-17-27(36-2)18-15-23)32(30(35)39-22-25-12-8-5-9-13-25)31-29(34)38-21-24-10-6-4-7-11-24/h4-19,26H,3,20-22H2,1-2H3,(H,31,34)/b19-16+/t26-/m0/s1. The van der Waals surface area contributed by atoms with Gasteiger partial charge in [0.25, 0.3) is 0 Å². The first-order valence-corrected chi connectivity index (χ1v) is 12.4. The van der Waals surface area contributed by atoms with Crippen molar-refractivity contribution in [1.29, 1.82) is 0 Å². The first-order valence-electron chi connectivity index (χ1n) is 12.4. The number of hydrogen-bond acceptors (Lipinski definition) is 7. The van der Waals surface area contributed by atoms with Crippen LogP contribution in [0.1, 0.15) is 23.6 Å². The molecule has 2 amide bonds. The summed E-state index contributed by atoms with van der Waals surface area (Å²) in [6, 6.07) is 24.7. The molecular weight excluding hydrogens is 500 g/mol. The van der Waals surface area contributed by atoms with Crippen molar-refractivity contribution in [3.8, 4) is 5.75 Å². The molecule has 0 spiro atoms. The van der Waals surface area contributed by atoms with E-state index in [4.69, 9.17) is 18.9 Å². The molecule has 1 atom stereocenters. The molecule has 3 aromatic carbocycles. The van der Waals surface area contributed by atoms with E-state index in [1.807, 2.05) is 72.8 Å². The fraction of sp³-hybridized carbons (Fsp3) is 0.233. The van der Waals surface area contributed by atoms with E-state index in [0.717, 1.165) is 21.7 Å². The topological polar surface area (TPSA) is 103 Å². The van der Waals surface area contributed by atoms with E-state index >= 15 is 0 Å². The summed E-state index contributed by atoms with van der Waals surface area (Å²) in [6.45, 7) is 1.87. The Morgan fingerprint density at radius 1 is 0.795 bits per heavy atom. The molecule has 0 aliphatic carbocycles. The van der Waals surface area contributed by atoms with Gasteiger partial charge in [-0.05, 0) is 42.2 Å². The second-order valence-corrected chi connectivity index (χ2v) is 8.31. The van der Waals surface area contributed by atoms with Crippen LogP contribution in [-0.4, -0.2) is 42.9 Å². The summed E-state index contributed by atoms with van der Waals surface area (Å²) < 4.78 is 21.1. The maximum Gasteiger partial charge on any atom is 0.429 e. The molecule has 1 N–H and O–H groups in total. The molecule has 0 heterocycles. The molecule has 9 nitrogen and oxygen atoms in total. The summed E-state index contributed by atoms with van der Waals surface area (Å²) in [4.78, 5) is 38.2. The van der Waals surface area contributed by atoms with Crippen molar-refractivity contribution >= 4 is 18.2 Å². The molecule has 0 saturated heterocycles. The van der Waals surface area contributed by atoms with E-state index in [9.17, 15) is 14.4 Å². The van der Waals surface area contributed by atoms with Crippen LogP contribution in [0.25, 0.3) is 0 Å². The molecule has 0 aliphatic rings. The Labute approximate surface area is 227 Å². The Kier molecular flexibility index (Phi) is 11.4. The second kappa shape index (κ2) is 15.5. The molecule has 0 aromatic heterocycles. The average Bonchev–Trinajstić information content (AvgIpc) is 2.97. The molecule has 39 heavy (non-hydrogen) atoms. The molecule has 3 rings (SSSR count). The summed E-state index contributed by atoms with van der Waals surface area (Å²) in [5.74, 6) is 0.0839. The van der Waals surface area contributed by atoms with E-state index in [-0.39, 0.29) is 26.2 Å². The zero-order valence-corrected chi connectivity index (χ0v) is 21.9. The predicted octanol–water partition coefficient (Wildman–Crippen LogP) is 5.21. The Morgan fingerprint density at radius 3 is 1.95 bits per heavy atom. The highest BCUT2D eigenvalue weighted by molar-refractivity contribution is 5.82. The van der Waals surface area contributed by atoms with Crippen LogP contribution in [0.5, 0.6) is 5.75 Å². The monoisotopic (exact) mass is 532 g/mol. The molecule has 0 saturated carbocycles. The third kappa shape index (κ3) is 9.88. The van der Waals surface area contributed by atoms with Gasteiger partial charge >= 0.3 is 18.2 Å². The molecule has 0 bridgehead atoms. The number of nitrogens with one attached hydrogen (secondary N) is 1. The van der Waals surface area contributed by atoms with Crippen LogP contribution in [-0.2, 0) is 38.6 Å². The molecular formula is C30H32N2O7. The Balaban J connectivity index is 1.83. The number of hydrogen-bond donors (Lipinski definition) is 1. The van der Waals surface area contributed by atoms with Crippen molar-refractivity contribution < 1.29 is 33.3 Å². The minimum absolute atomic E-state index is 0.00138. The smallest absolute Gasteiger partial charge is 0.429 e. The number of rotatable bonds is 11. The van der Waals surface area contributed by atoms with Crippen LogP contribution in [0.2, 0.25) is 0 Å². The number of carbonyl (C=O) groups excluding carboxylic acids is 3. The molecule has 9 heteroatoms. The van der Waals surface area contributed by atoms with Gasteiger partial charge in [-0.3, -0.25) is 0 Å². The van der Waals surface area contributed by atoms with Crippen LogP contribution in [0.15, 0.2) is 97.1 Å². The van der Waals surface area contributed by atoms with Crippen LogP contribution in [0.4, 0.5) is 9.59 Å². The lowest BCUT2D eigenvalue weighted by atomic mass is 10.0. The lowest BCUT2D eigenvalue weighted by Gasteiger charge is -2.29. The third-order valence-electron chi connectivity index (χ3n) is 5.50. The minimum atomic E-state index is -0.861. The third-order valence-corrected chi connectivity index (χ3v) is 5.50. The van der Waals surface area contributed by atoms with E-state index in [1.54, 1.807) is 26.2 Å². The lowest BCUT2D eigenvalue weighted by Crippen LogP contribution is -2.52. The highest BCUT2D eigenvalue weighted by Gasteiger charge is 2.27. The number of ether oxygens (including phenoxy) is 4. The van der Waals surface area contributed by atoms with Gasteiger partial charge in [-0.15, -0.1) is 0 Å².